The normalized spacial score (nSPS) is 22.5. The van der Waals surface area contributed by atoms with Crippen LogP contribution in [0.5, 0.6) is 0 Å². The van der Waals surface area contributed by atoms with Crippen molar-refractivity contribution in [1.29, 1.82) is 5.41 Å². The number of esters is 1. The maximum Gasteiger partial charge on any atom is 0.338 e. The average Bonchev–Trinajstić information content (AvgIpc) is 2.86. The summed E-state index contributed by atoms with van der Waals surface area (Å²) in [5.74, 6) is -1.82. The molecule has 1 radical (unpaired) electrons. The fourth-order valence-corrected chi connectivity index (χ4v) is 3.62. The van der Waals surface area contributed by atoms with Crippen molar-refractivity contribution in [2.24, 2.45) is 0 Å². The molecule has 1 fully saturated rings. The van der Waals surface area contributed by atoms with Gasteiger partial charge in [0.2, 0.25) is 12.2 Å². The molecule has 2 N–H and O–H groups in total. The third kappa shape index (κ3) is 11.2. The number of nitrogens with one attached hydrogen (secondary N) is 1. The molecule has 1 aliphatic heterocycles. The molecule has 1 aliphatic rings. The van der Waals surface area contributed by atoms with Crippen LogP contribution in [0.25, 0.3) is 0 Å². The largest absolute Gasteiger partial charge is 0.449 e. The van der Waals surface area contributed by atoms with E-state index in [1.807, 2.05) is 30.3 Å². The summed E-state index contributed by atoms with van der Waals surface area (Å²) in [5, 5.41) is 19.3. The van der Waals surface area contributed by atoms with Crippen LogP contribution in [0.2, 0.25) is 0 Å². The number of aliphatic hydroxyl groups is 1. The Hall–Kier alpha value is -0.798. The summed E-state index contributed by atoms with van der Waals surface area (Å²) in [6.07, 6.45) is -6.64. The number of Topliss-reactive ketones (excluding diaryl/α,β-unsaturated/α-hetero) is 1. The minimum atomic E-state index is -2.25. The van der Waals surface area contributed by atoms with Crippen LogP contribution in [0.4, 0.5) is 0 Å². The quantitative estimate of drug-likeness (QED) is 0.120. The van der Waals surface area contributed by atoms with E-state index in [9.17, 15) is 14.7 Å². The summed E-state index contributed by atoms with van der Waals surface area (Å²) < 4.78 is 26.0. The summed E-state index contributed by atoms with van der Waals surface area (Å²) in [5.41, 5.74) is 1.02. The number of hydrogen-bond acceptors (Lipinski definition) is 9. The fourth-order valence-electron chi connectivity index (χ4n) is 3.49. The molecule has 13 heteroatoms. The van der Waals surface area contributed by atoms with Gasteiger partial charge in [-0.3, -0.25) is 10.2 Å². The van der Waals surface area contributed by atoms with Gasteiger partial charge < -0.3 is 36.2 Å². The van der Waals surface area contributed by atoms with E-state index in [1.54, 1.807) is 18.2 Å². The molecule has 0 aromatic heterocycles. The van der Waals surface area contributed by atoms with E-state index in [-0.39, 0.29) is 82.7 Å². The van der Waals surface area contributed by atoms with E-state index < -0.39 is 46.4 Å². The molecule has 3 rings (SSSR count). The smallest absolute Gasteiger partial charge is 0.338 e. The molecule has 2 unspecified atom stereocenters. The number of hydrogen-bond donors (Lipinski definition) is 2. The number of ether oxygens (including phenoxy) is 5. The average molecular weight is 817 g/mol. The Morgan fingerprint density at radius 2 is 1.59 bits per heavy atom. The zero-order chi connectivity index (χ0) is 27.0. The summed E-state index contributed by atoms with van der Waals surface area (Å²) in [6.45, 7) is 1.05. The third-order valence-electron chi connectivity index (χ3n) is 5.23. The van der Waals surface area contributed by atoms with E-state index in [2.05, 4.69) is 0 Å². The maximum absolute atomic E-state index is 12.8. The number of carbonyl (C=O) groups is 2. The van der Waals surface area contributed by atoms with Crippen LogP contribution >= 0.6 is 34.8 Å². The van der Waals surface area contributed by atoms with Crippen LogP contribution in [0, 0.1) is 56.9 Å². The predicted molar refractivity (Wildman–Crippen MR) is 142 cm³/mol. The first-order chi connectivity index (χ1) is 17.6. The molecule has 0 bridgehead atoms. The van der Waals surface area contributed by atoms with E-state index in [0.717, 1.165) is 5.56 Å². The van der Waals surface area contributed by atoms with Crippen LogP contribution in [-0.2, 0) is 35.1 Å². The van der Waals surface area contributed by atoms with Gasteiger partial charge in [-0.1, -0.05) is 83.3 Å². The number of ketones is 1. The standard InChI is InChI=1S/C25H26Cl3NO8.CH3.Ac/c1-15(30)12-33-14-18-20(34-13-16-8-4-2-5-9-16)19(31)21(23(35-18)37-24(29)25(26,27)28)36-22(32)17-10-6-3-7-11-17;;/h2-11,18-21,23,29,31H,12-14H2,1H3;1H3;/q;-1;/t18?,19-,20-,21?,23-;;/m0../s1. The van der Waals surface area contributed by atoms with Gasteiger partial charge in [0.25, 0.3) is 3.79 Å². The number of carbonyl (C=O) groups excluding carboxylic acids is 2. The minimum absolute atomic E-state index is 0. The number of aliphatic hydroxyl groups excluding tert-OH is 1. The van der Waals surface area contributed by atoms with E-state index in [4.69, 9.17) is 63.9 Å². The molecule has 9 nitrogen and oxygen atoms in total. The zero-order valence-corrected chi connectivity index (χ0v) is 28.3. The van der Waals surface area contributed by atoms with Crippen LogP contribution in [0.3, 0.4) is 0 Å². The summed E-state index contributed by atoms with van der Waals surface area (Å²) in [4.78, 5) is 24.2. The molecule has 5 atom stereocenters. The van der Waals surface area contributed by atoms with Gasteiger partial charge in [-0.2, -0.15) is 0 Å². The van der Waals surface area contributed by atoms with E-state index in [1.165, 1.54) is 19.1 Å². The third-order valence-corrected chi connectivity index (χ3v) is 5.75. The van der Waals surface area contributed by atoms with Crippen molar-refractivity contribution < 1.29 is 82.4 Å². The predicted octanol–water partition coefficient (Wildman–Crippen LogP) is 4.30. The molecule has 211 valence electrons. The molecule has 2 aromatic rings. The number of rotatable bonds is 10. The summed E-state index contributed by atoms with van der Waals surface area (Å²) >= 11 is 17.3. The van der Waals surface area contributed by atoms with Gasteiger partial charge >= 0.3 is 5.97 Å². The molecular formula is C26H29AcCl3NO8-. The van der Waals surface area contributed by atoms with Gasteiger partial charge in [0, 0.05) is 44.1 Å². The van der Waals surface area contributed by atoms with Gasteiger partial charge in [-0.25, -0.2) is 4.79 Å². The Balaban J connectivity index is 0.00000380. The van der Waals surface area contributed by atoms with Crippen molar-refractivity contribution >= 4 is 52.5 Å². The molecular weight excluding hydrogens is 788 g/mol. The second-order valence-electron chi connectivity index (χ2n) is 8.19. The van der Waals surface area contributed by atoms with Gasteiger partial charge in [0.05, 0.1) is 18.8 Å². The second-order valence-corrected chi connectivity index (χ2v) is 10.5. The van der Waals surface area contributed by atoms with Crippen molar-refractivity contribution in [3.8, 4) is 0 Å². The topological polar surface area (TPSA) is 124 Å². The monoisotopic (exact) mass is 815 g/mol. The van der Waals surface area contributed by atoms with Crippen molar-refractivity contribution in [3.63, 3.8) is 0 Å². The maximum atomic E-state index is 12.8. The van der Waals surface area contributed by atoms with Crippen molar-refractivity contribution in [1.82, 2.24) is 0 Å². The second kappa shape index (κ2) is 17.2. The number of alkyl halides is 3. The molecule has 1 saturated heterocycles. The molecule has 1 heterocycles. The first-order valence-electron chi connectivity index (χ1n) is 11.2. The molecule has 39 heavy (non-hydrogen) atoms. The van der Waals surface area contributed by atoms with Crippen molar-refractivity contribution in [2.75, 3.05) is 13.2 Å². The summed E-state index contributed by atoms with van der Waals surface area (Å²) in [7, 11) is 0. The summed E-state index contributed by atoms with van der Waals surface area (Å²) in [6, 6.07) is 17.2. The van der Waals surface area contributed by atoms with Gasteiger partial charge in [0.1, 0.15) is 24.9 Å². The SMILES string of the molecule is CC(=O)COCC1O[C@@H](OC(=N)C(Cl)(Cl)Cl)C(OC(=O)c2ccccc2)[C@@H](O)[C@H]1OCc1ccccc1.[Ac].[CH3-]. The van der Waals surface area contributed by atoms with Crippen molar-refractivity contribution in [3.05, 3.63) is 79.2 Å². The van der Waals surface area contributed by atoms with Crippen LogP contribution in [0.1, 0.15) is 22.8 Å². The molecule has 0 saturated carbocycles. The molecule has 0 amide bonds. The molecule has 0 aliphatic carbocycles. The minimum Gasteiger partial charge on any atom is -0.449 e. The Bertz CT molecular complexity index is 1060. The number of benzene rings is 2. The molecule has 2 aromatic carbocycles. The van der Waals surface area contributed by atoms with Gasteiger partial charge in [-0.05, 0) is 24.6 Å². The number of halogens is 3. The van der Waals surface area contributed by atoms with Gasteiger partial charge in [-0.15, -0.1) is 0 Å². The van der Waals surface area contributed by atoms with Crippen LogP contribution < -0.4 is 0 Å². The van der Waals surface area contributed by atoms with E-state index >= 15 is 0 Å². The van der Waals surface area contributed by atoms with E-state index in [0.29, 0.717) is 0 Å². The Kier molecular flexibility index (Phi) is 16.0. The van der Waals surface area contributed by atoms with Gasteiger partial charge in [0.15, 0.2) is 11.9 Å². The Morgan fingerprint density at radius 3 is 2.15 bits per heavy atom. The first kappa shape index (κ1) is 36.2. The van der Waals surface area contributed by atoms with Crippen LogP contribution in [-0.4, -0.2) is 70.5 Å². The Morgan fingerprint density at radius 1 is 1.00 bits per heavy atom. The first-order valence-corrected chi connectivity index (χ1v) is 12.3. The Labute approximate surface area is 278 Å². The van der Waals surface area contributed by atoms with Crippen molar-refractivity contribution in [2.45, 2.75) is 48.0 Å². The van der Waals surface area contributed by atoms with Crippen LogP contribution in [0.15, 0.2) is 60.7 Å². The zero-order valence-electron chi connectivity index (χ0n) is 21.3. The fraction of sp³-hybridized carbons (Fsp3) is 0.385. The molecule has 0 spiro atoms.